The van der Waals surface area contributed by atoms with Gasteiger partial charge in [0, 0.05) is 43.8 Å². The van der Waals surface area contributed by atoms with Crippen molar-refractivity contribution >= 4 is 21.8 Å². The fourth-order valence-corrected chi connectivity index (χ4v) is 3.89. The Hall–Kier alpha value is -3.74. The van der Waals surface area contributed by atoms with Crippen molar-refractivity contribution in [2.45, 2.75) is 13.8 Å². The Morgan fingerprint density at radius 3 is 1.18 bits per heavy atom. The first-order valence-corrected chi connectivity index (χ1v) is 11.7. The Morgan fingerprint density at radius 2 is 0.816 bits per heavy atom. The average Bonchev–Trinajstić information content (AvgIpc) is 2.94. The van der Waals surface area contributed by atoms with Crippen LogP contribution in [0.3, 0.4) is 0 Å². The summed E-state index contributed by atoms with van der Waals surface area (Å²) >= 11 is 0. The minimum atomic E-state index is -0.408. The quantitative estimate of drug-likeness (QED) is 0.207. The number of nitrogens with zero attached hydrogens (tertiary/aromatic N) is 2. The molecule has 0 saturated carbocycles. The molecule has 187 valence electrons. The van der Waals surface area contributed by atoms with E-state index in [-0.39, 0.29) is 51.9 Å². The van der Waals surface area contributed by atoms with Gasteiger partial charge in [-0.25, -0.2) is 19.6 Å². The van der Waals surface area contributed by atoms with Crippen molar-refractivity contribution in [1.82, 2.24) is 9.97 Å². The van der Waals surface area contributed by atoms with E-state index in [2.05, 4.69) is 9.97 Å². The first-order chi connectivity index (χ1) is 17.7. The van der Waals surface area contributed by atoms with Gasteiger partial charge in [0.2, 0.25) is 11.8 Å². The van der Waals surface area contributed by atoms with Gasteiger partial charge in [-0.05, 0) is 59.7 Å². The third-order valence-electron chi connectivity index (χ3n) is 5.67. The minimum absolute atomic E-state index is 0. The largest absolute Gasteiger partial charge is 0.403 e. The molecule has 0 amide bonds. The van der Waals surface area contributed by atoms with Crippen LogP contribution < -0.4 is 11.3 Å². The number of para-hydroxylation sites is 2. The predicted octanol–water partition coefficient (Wildman–Crippen LogP) is 7.16. The fraction of sp³-hybridized carbons (Fsp3) is 0.0645. The maximum atomic E-state index is 12.3. The molecule has 1 radical (unpaired) electrons. The Morgan fingerprint density at radius 1 is 0.500 bits per heavy atom. The van der Waals surface area contributed by atoms with Gasteiger partial charge in [-0.1, -0.05) is 62.4 Å². The summed E-state index contributed by atoms with van der Waals surface area (Å²) in [5.41, 5.74) is 3.77. The van der Waals surface area contributed by atoms with Gasteiger partial charge in [-0.15, -0.1) is 0 Å². The second-order valence-corrected chi connectivity index (χ2v) is 7.80. The van der Waals surface area contributed by atoms with Crippen LogP contribution in [0.15, 0.2) is 115 Å². The second-order valence-electron chi connectivity index (χ2n) is 7.80. The van der Waals surface area contributed by atoms with Crippen molar-refractivity contribution in [1.29, 1.82) is 0 Å². The van der Waals surface area contributed by atoms with Gasteiger partial charge >= 0.3 is 11.3 Å². The van der Waals surface area contributed by atoms with Gasteiger partial charge in [0.25, 0.3) is 0 Å². The summed E-state index contributed by atoms with van der Waals surface area (Å²) in [4.78, 5) is 33.5. The molecule has 0 aliphatic rings. The van der Waals surface area contributed by atoms with Crippen molar-refractivity contribution < 1.29 is 41.5 Å². The third kappa shape index (κ3) is 5.72. The maximum absolute atomic E-state index is 12.3. The zero-order valence-electron chi connectivity index (χ0n) is 21.3. The van der Waals surface area contributed by atoms with E-state index in [0.29, 0.717) is 32.9 Å². The van der Waals surface area contributed by atoms with Gasteiger partial charge in [-0.3, -0.25) is 0 Å². The van der Waals surface area contributed by atoms with Crippen LogP contribution in [-0.2, 0) is 32.7 Å². The second kappa shape index (κ2) is 12.7. The van der Waals surface area contributed by atoms with Crippen LogP contribution in [0.1, 0.15) is 13.8 Å². The van der Waals surface area contributed by atoms with Crippen LogP contribution in [0.2, 0.25) is 0 Å². The van der Waals surface area contributed by atoms with Gasteiger partial charge in [0.15, 0.2) is 0 Å². The van der Waals surface area contributed by atoms with Gasteiger partial charge in [0.1, 0.15) is 0 Å². The number of aromatic nitrogens is 2. The number of benzene rings is 4. The molecule has 0 aliphatic heterocycles. The van der Waals surface area contributed by atoms with E-state index < -0.39 is 11.3 Å². The Kier molecular flexibility index (Phi) is 9.62. The molecule has 6 rings (SSSR count). The molecule has 38 heavy (non-hydrogen) atoms. The Bertz CT molecular complexity index is 1660. The topological polar surface area (TPSA) is 86.2 Å². The predicted molar refractivity (Wildman–Crippen MR) is 148 cm³/mol. The molecule has 7 heteroatoms. The maximum Gasteiger partial charge on any atom is 0.347 e. The molecule has 0 aliphatic carbocycles. The van der Waals surface area contributed by atoms with Crippen LogP contribution >= 0.6 is 0 Å². The summed E-state index contributed by atoms with van der Waals surface area (Å²) in [5, 5.41) is 0.916. The van der Waals surface area contributed by atoms with Crippen LogP contribution in [0.25, 0.3) is 55.8 Å². The monoisotopic (exact) mass is 578 g/mol. The summed E-state index contributed by atoms with van der Waals surface area (Å²) in [6.07, 6.45) is 0. The summed E-state index contributed by atoms with van der Waals surface area (Å²) in [6, 6.07) is 29.4. The summed E-state index contributed by atoms with van der Waals surface area (Å²) in [7, 11) is 0. The molecule has 0 fully saturated rings. The molecular weight excluding hydrogens is 553 g/mol. The van der Waals surface area contributed by atoms with Crippen molar-refractivity contribution in [3.05, 3.63) is 125 Å². The molecule has 0 saturated heterocycles. The molecule has 6 nitrogen and oxygen atoms in total. The molecule has 0 N–H and O–H groups in total. The number of rotatable bonds is 3. The minimum Gasteiger partial charge on any atom is -0.403 e. The zero-order chi connectivity index (χ0) is 25.1. The van der Waals surface area contributed by atoms with Gasteiger partial charge < -0.3 is 16.3 Å². The molecule has 6 aromatic rings. The van der Waals surface area contributed by atoms with E-state index in [1.54, 1.807) is 36.4 Å². The molecule has 4 aromatic carbocycles. The van der Waals surface area contributed by atoms with Crippen LogP contribution in [-0.4, -0.2) is 9.97 Å². The Labute approximate surface area is 245 Å². The summed E-state index contributed by atoms with van der Waals surface area (Å²) in [5.74, 6) is 0.561. The molecule has 0 unspecified atom stereocenters. The average molecular weight is 578 g/mol. The molecule has 2 aromatic heterocycles. The number of fused-ring (bicyclic) bond motifs is 2. The van der Waals surface area contributed by atoms with E-state index in [1.807, 2.05) is 74.5 Å². The van der Waals surface area contributed by atoms with E-state index >= 15 is 0 Å². The first-order valence-electron chi connectivity index (χ1n) is 11.7. The first kappa shape index (κ1) is 28.8. The standard InChI is InChI=1S/C28H16N2O4.C2H6.CH3.Y/c31-27-21-5-1-3-7-23(21)29-25(33-27)19-13-9-17(10-14-19)18-11-15-20(16-12-18)26-30-24-8-4-2-6-22(24)28(32)34-26;1-2;;/h1-16H;1-2H3;1H3;/q;;-1;. The molecular formula is C31H25N2O4Y-. The van der Waals surface area contributed by atoms with Gasteiger partial charge in [-0.2, -0.15) is 0 Å². The van der Waals surface area contributed by atoms with Gasteiger partial charge in [0.05, 0.1) is 21.8 Å². The van der Waals surface area contributed by atoms with E-state index in [9.17, 15) is 9.59 Å². The Balaban J connectivity index is 0.000000978. The van der Waals surface area contributed by atoms with E-state index in [0.717, 1.165) is 11.1 Å². The molecule has 0 spiro atoms. The van der Waals surface area contributed by atoms with Crippen molar-refractivity contribution in [2.24, 2.45) is 0 Å². The third-order valence-corrected chi connectivity index (χ3v) is 5.67. The van der Waals surface area contributed by atoms with E-state index in [4.69, 9.17) is 8.83 Å². The van der Waals surface area contributed by atoms with Crippen molar-refractivity contribution in [2.75, 3.05) is 0 Å². The van der Waals surface area contributed by atoms with Crippen molar-refractivity contribution in [3.63, 3.8) is 0 Å². The van der Waals surface area contributed by atoms with Crippen LogP contribution in [0.5, 0.6) is 0 Å². The summed E-state index contributed by atoms with van der Waals surface area (Å²) < 4.78 is 10.8. The SMILES string of the molecule is CC.O=c1oc(-c2ccc(-c3ccc(-c4nc5ccccc5c(=O)o4)cc3)cc2)nc2ccccc12.[CH3-].[Y]. The van der Waals surface area contributed by atoms with E-state index in [1.165, 1.54) is 0 Å². The normalized spacial score (nSPS) is 10.2. The van der Waals surface area contributed by atoms with Crippen molar-refractivity contribution in [3.8, 4) is 34.0 Å². The van der Waals surface area contributed by atoms with Crippen LogP contribution in [0, 0.1) is 7.43 Å². The zero-order valence-corrected chi connectivity index (χ0v) is 24.2. The fourth-order valence-electron chi connectivity index (χ4n) is 3.89. The number of hydrogen-bond donors (Lipinski definition) is 0. The van der Waals surface area contributed by atoms with Crippen LogP contribution in [0.4, 0.5) is 0 Å². The molecule has 2 heterocycles. The molecule has 0 bridgehead atoms. The number of hydrogen-bond acceptors (Lipinski definition) is 6. The smallest absolute Gasteiger partial charge is 0.347 e. The molecule has 0 atom stereocenters. The summed E-state index contributed by atoms with van der Waals surface area (Å²) in [6.45, 7) is 4.00.